The molecule has 4 nitrogen and oxygen atoms in total. The molecule has 1 aromatic carbocycles. The molecule has 1 fully saturated rings. The number of aryl methyl sites for hydroxylation is 1. The number of nitrogens with zero attached hydrogens (tertiary/aromatic N) is 1. The number of carbonyl (C=O) groups is 1. The van der Waals surface area contributed by atoms with Crippen molar-refractivity contribution in [2.45, 2.75) is 26.2 Å². The van der Waals surface area contributed by atoms with Gasteiger partial charge in [-0.2, -0.15) is 0 Å². The van der Waals surface area contributed by atoms with Crippen LogP contribution in [0, 0.1) is 12.8 Å². The van der Waals surface area contributed by atoms with E-state index in [4.69, 9.17) is 4.74 Å². The van der Waals surface area contributed by atoms with E-state index in [1.54, 1.807) is 11.3 Å². The number of hydrogen-bond donors (Lipinski definition) is 1. The Morgan fingerprint density at radius 3 is 2.87 bits per heavy atom. The van der Waals surface area contributed by atoms with Crippen LogP contribution in [0.15, 0.2) is 29.6 Å². The lowest BCUT2D eigenvalue weighted by Crippen LogP contribution is -2.29. The standard InChI is InChI=1S/C18H22N2O2S/c1-13-2-6-15(7-3-13)18-20-16(12-23-18)8-9-19-17(21)11-22-10-14-4-5-14/h2-3,6-7,12,14H,4-5,8-11H2,1H3,(H,19,21). The zero-order chi connectivity index (χ0) is 16.1. The lowest BCUT2D eigenvalue weighted by molar-refractivity contribution is -0.125. The van der Waals surface area contributed by atoms with Gasteiger partial charge in [-0.1, -0.05) is 29.8 Å². The van der Waals surface area contributed by atoms with Crippen LogP contribution in [-0.4, -0.2) is 30.6 Å². The molecule has 0 spiro atoms. The molecule has 1 N–H and O–H groups in total. The molecule has 0 atom stereocenters. The molecule has 0 saturated heterocycles. The fourth-order valence-electron chi connectivity index (χ4n) is 2.23. The summed E-state index contributed by atoms with van der Waals surface area (Å²) in [5.41, 5.74) is 3.41. The van der Waals surface area contributed by atoms with Gasteiger partial charge in [0, 0.05) is 23.9 Å². The van der Waals surface area contributed by atoms with Gasteiger partial charge in [0.05, 0.1) is 12.3 Å². The summed E-state index contributed by atoms with van der Waals surface area (Å²) in [7, 11) is 0. The van der Waals surface area contributed by atoms with E-state index in [2.05, 4.69) is 46.9 Å². The van der Waals surface area contributed by atoms with Crippen LogP contribution < -0.4 is 5.32 Å². The Hall–Kier alpha value is -1.72. The highest BCUT2D eigenvalue weighted by Crippen LogP contribution is 2.28. The Morgan fingerprint density at radius 2 is 2.13 bits per heavy atom. The molecule has 2 aromatic rings. The van der Waals surface area contributed by atoms with Crippen LogP contribution in [0.4, 0.5) is 0 Å². The number of carbonyl (C=O) groups excluding carboxylic acids is 1. The van der Waals surface area contributed by atoms with Gasteiger partial charge in [0.15, 0.2) is 0 Å². The van der Waals surface area contributed by atoms with Crippen LogP contribution in [0.25, 0.3) is 10.6 Å². The van der Waals surface area contributed by atoms with Crippen molar-refractivity contribution in [3.8, 4) is 10.6 Å². The minimum Gasteiger partial charge on any atom is -0.371 e. The van der Waals surface area contributed by atoms with Crippen LogP contribution in [0.5, 0.6) is 0 Å². The summed E-state index contributed by atoms with van der Waals surface area (Å²) in [5.74, 6) is 0.651. The van der Waals surface area contributed by atoms with Gasteiger partial charge in [-0.3, -0.25) is 4.79 Å². The summed E-state index contributed by atoms with van der Waals surface area (Å²) < 4.78 is 5.37. The normalized spacial score (nSPS) is 14.0. The van der Waals surface area contributed by atoms with E-state index in [0.29, 0.717) is 12.5 Å². The molecular weight excluding hydrogens is 308 g/mol. The maximum Gasteiger partial charge on any atom is 0.246 e. The summed E-state index contributed by atoms with van der Waals surface area (Å²) in [6, 6.07) is 8.38. The summed E-state index contributed by atoms with van der Waals surface area (Å²) >= 11 is 1.64. The van der Waals surface area contributed by atoms with Gasteiger partial charge in [-0.25, -0.2) is 4.98 Å². The highest BCUT2D eigenvalue weighted by atomic mass is 32.1. The Kier molecular flexibility index (Phi) is 5.41. The number of benzene rings is 1. The average molecular weight is 330 g/mol. The number of ether oxygens (including phenoxy) is 1. The third kappa shape index (κ3) is 5.15. The largest absolute Gasteiger partial charge is 0.371 e. The van der Waals surface area contributed by atoms with E-state index in [0.717, 1.165) is 29.3 Å². The summed E-state index contributed by atoms with van der Waals surface area (Å²) in [5, 5.41) is 5.97. The third-order valence-corrected chi connectivity index (χ3v) is 4.78. The van der Waals surface area contributed by atoms with Gasteiger partial charge >= 0.3 is 0 Å². The van der Waals surface area contributed by atoms with Crippen LogP contribution >= 0.6 is 11.3 Å². The topological polar surface area (TPSA) is 51.2 Å². The minimum absolute atomic E-state index is 0.0420. The maximum atomic E-state index is 11.6. The Bertz CT molecular complexity index is 647. The molecule has 1 amide bonds. The zero-order valence-corrected chi connectivity index (χ0v) is 14.2. The first-order chi connectivity index (χ1) is 11.2. The van der Waals surface area contributed by atoms with Gasteiger partial charge in [-0.15, -0.1) is 11.3 Å². The number of nitrogens with one attached hydrogen (secondary N) is 1. The second-order valence-corrected chi connectivity index (χ2v) is 6.93. The zero-order valence-electron chi connectivity index (χ0n) is 13.4. The Morgan fingerprint density at radius 1 is 1.35 bits per heavy atom. The van der Waals surface area contributed by atoms with E-state index >= 15 is 0 Å². The van der Waals surface area contributed by atoms with Crippen molar-refractivity contribution in [2.75, 3.05) is 19.8 Å². The lowest BCUT2D eigenvalue weighted by atomic mass is 10.2. The molecule has 1 aliphatic rings. The fourth-order valence-corrected chi connectivity index (χ4v) is 3.09. The van der Waals surface area contributed by atoms with Gasteiger partial charge in [0.2, 0.25) is 5.91 Å². The molecule has 5 heteroatoms. The Labute approximate surface area is 140 Å². The molecule has 3 rings (SSSR count). The number of aromatic nitrogens is 1. The van der Waals surface area contributed by atoms with E-state index in [1.165, 1.54) is 18.4 Å². The second kappa shape index (κ2) is 7.70. The molecule has 1 heterocycles. The summed E-state index contributed by atoms with van der Waals surface area (Å²) in [6.45, 7) is 3.57. The average Bonchev–Trinajstić information content (AvgIpc) is 3.25. The molecule has 1 aromatic heterocycles. The maximum absolute atomic E-state index is 11.6. The van der Waals surface area contributed by atoms with E-state index in [-0.39, 0.29) is 12.5 Å². The van der Waals surface area contributed by atoms with E-state index in [9.17, 15) is 4.79 Å². The number of thiazole rings is 1. The lowest BCUT2D eigenvalue weighted by Gasteiger charge is -2.04. The van der Waals surface area contributed by atoms with E-state index < -0.39 is 0 Å². The molecule has 0 radical (unpaired) electrons. The van der Waals surface area contributed by atoms with Crippen LogP contribution in [0.1, 0.15) is 24.1 Å². The van der Waals surface area contributed by atoms with Crippen molar-refractivity contribution >= 4 is 17.2 Å². The number of rotatable bonds is 8. The first kappa shape index (κ1) is 16.1. The third-order valence-electron chi connectivity index (χ3n) is 3.84. The molecule has 1 saturated carbocycles. The highest BCUT2D eigenvalue weighted by Gasteiger charge is 2.21. The minimum atomic E-state index is -0.0420. The van der Waals surface area contributed by atoms with Crippen molar-refractivity contribution in [3.05, 3.63) is 40.9 Å². The predicted molar refractivity (Wildman–Crippen MR) is 92.5 cm³/mol. The predicted octanol–water partition coefficient (Wildman–Crippen LogP) is 3.20. The fraction of sp³-hybridized carbons (Fsp3) is 0.444. The van der Waals surface area contributed by atoms with Gasteiger partial charge < -0.3 is 10.1 Å². The molecule has 122 valence electrons. The van der Waals surface area contributed by atoms with Crippen molar-refractivity contribution in [3.63, 3.8) is 0 Å². The molecule has 0 bridgehead atoms. The summed E-state index contributed by atoms with van der Waals surface area (Å²) in [4.78, 5) is 16.3. The Balaban J connectivity index is 1.40. The van der Waals surface area contributed by atoms with Gasteiger partial charge in [-0.05, 0) is 25.7 Å². The van der Waals surface area contributed by atoms with Gasteiger partial charge in [0.25, 0.3) is 0 Å². The second-order valence-electron chi connectivity index (χ2n) is 6.07. The van der Waals surface area contributed by atoms with Crippen LogP contribution in [0.2, 0.25) is 0 Å². The number of amides is 1. The molecule has 0 aliphatic heterocycles. The molecule has 1 aliphatic carbocycles. The SMILES string of the molecule is Cc1ccc(-c2nc(CCNC(=O)COCC3CC3)cs2)cc1. The number of hydrogen-bond acceptors (Lipinski definition) is 4. The van der Waals surface area contributed by atoms with Crippen molar-refractivity contribution in [1.29, 1.82) is 0 Å². The van der Waals surface area contributed by atoms with Crippen LogP contribution in [0.3, 0.4) is 0 Å². The highest BCUT2D eigenvalue weighted by molar-refractivity contribution is 7.13. The van der Waals surface area contributed by atoms with E-state index in [1.807, 2.05) is 0 Å². The monoisotopic (exact) mass is 330 g/mol. The van der Waals surface area contributed by atoms with Gasteiger partial charge in [0.1, 0.15) is 11.6 Å². The molecular formula is C18H22N2O2S. The summed E-state index contributed by atoms with van der Waals surface area (Å²) in [6.07, 6.45) is 3.24. The molecule has 0 unspecified atom stereocenters. The van der Waals surface area contributed by atoms with Crippen molar-refractivity contribution in [2.24, 2.45) is 5.92 Å². The van der Waals surface area contributed by atoms with Crippen molar-refractivity contribution < 1.29 is 9.53 Å². The smallest absolute Gasteiger partial charge is 0.246 e. The van der Waals surface area contributed by atoms with Crippen molar-refractivity contribution in [1.82, 2.24) is 10.3 Å². The molecule has 23 heavy (non-hydrogen) atoms. The quantitative estimate of drug-likeness (QED) is 0.808. The van der Waals surface area contributed by atoms with Crippen LogP contribution in [-0.2, 0) is 16.0 Å². The first-order valence-corrected chi connectivity index (χ1v) is 8.94. The first-order valence-electron chi connectivity index (χ1n) is 8.06.